The van der Waals surface area contributed by atoms with Gasteiger partial charge in [-0.2, -0.15) is 0 Å². The summed E-state index contributed by atoms with van der Waals surface area (Å²) in [5, 5.41) is 5.08. The van der Waals surface area contributed by atoms with Crippen molar-refractivity contribution in [3.63, 3.8) is 0 Å². The van der Waals surface area contributed by atoms with Gasteiger partial charge in [-0.1, -0.05) is 29.3 Å². The van der Waals surface area contributed by atoms with E-state index in [9.17, 15) is 23.6 Å². The molecule has 1 heterocycles. The fourth-order valence-electron chi connectivity index (χ4n) is 3.38. The van der Waals surface area contributed by atoms with Gasteiger partial charge in [0.15, 0.2) is 6.61 Å². The van der Waals surface area contributed by atoms with Gasteiger partial charge in [0.25, 0.3) is 17.7 Å². The van der Waals surface area contributed by atoms with Gasteiger partial charge in [0.2, 0.25) is 0 Å². The Balaban J connectivity index is 1.57. The van der Waals surface area contributed by atoms with E-state index < -0.39 is 29.6 Å². The molecule has 1 aliphatic rings. The summed E-state index contributed by atoms with van der Waals surface area (Å²) in [5.41, 5.74) is 1.58. The van der Waals surface area contributed by atoms with E-state index in [1.165, 1.54) is 36.4 Å². The zero-order valence-electron chi connectivity index (χ0n) is 18.9. The van der Waals surface area contributed by atoms with Crippen LogP contribution in [0.15, 0.2) is 72.3 Å². The number of nitrogens with zero attached hydrogens (tertiary/aromatic N) is 1. The molecular formula is C26H19ClFN3O5. The summed E-state index contributed by atoms with van der Waals surface area (Å²) in [6.07, 6.45) is 1.21. The fraction of sp³-hybridized carbons (Fsp3) is 0.0769. The monoisotopic (exact) mass is 507 g/mol. The minimum Gasteiger partial charge on any atom is -0.483 e. The van der Waals surface area contributed by atoms with Gasteiger partial charge >= 0.3 is 6.03 Å². The van der Waals surface area contributed by atoms with Gasteiger partial charge in [-0.3, -0.25) is 19.7 Å². The number of barbiturate groups is 1. The number of hydrogen-bond donors (Lipinski definition) is 2. The van der Waals surface area contributed by atoms with Crippen molar-refractivity contribution in [2.75, 3.05) is 16.8 Å². The molecule has 1 aliphatic heterocycles. The van der Waals surface area contributed by atoms with Crippen LogP contribution in [0, 0.1) is 12.7 Å². The molecule has 0 bridgehead atoms. The molecule has 4 rings (SSSR count). The number of urea groups is 1. The van der Waals surface area contributed by atoms with E-state index in [4.69, 9.17) is 16.3 Å². The Morgan fingerprint density at radius 1 is 1.06 bits per heavy atom. The van der Waals surface area contributed by atoms with Crippen LogP contribution in [-0.2, 0) is 14.4 Å². The lowest BCUT2D eigenvalue weighted by Crippen LogP contribution is -2.54. The molecule has 2 N–H and O–H groups in total. The Hall–Kier alpha value is -4.50. The van der Waals surface area contributed by atoms with Crippen LogP contribution in [0.3, 0.4) is 0 Å². The number of amides is 5. The van der Waals surface area contributed by atoms with Crippen LogP contribution >= 0.6 is 11.6 Å². The molecule has 182 valence electrons. The van der Waals surface area contributed by atoms with Crippen LogP contribution in [0.25, 0.3) is 6.08 Å². The maximum absolute atomic E-state index is 13.3. The number of nitrogens with one attached hydrogen (secondary N) is 2. The fourth-order valence-corrected chi connectivity index (χ4v) is 3.56. The van der Waals surface area contributed by atoms with Gasteiger partial charge in [-0.25, -0.2) is 14.1 Å². The molecule has 0 aromatic heterocycles. The molecule has 0 radical (unpaired) electrons. The zero-order chi connectivity index (χ0) is 25.8. The number of imide groups is 2. The Labute approximate surface area is 210 Å². The van der Waals surface area contributed by atoms with Crippen molar-refractivity contribution >= 4 is 52.8 Å². The normalized spacial score (nSPS) is 14.6. The van der Waals surface area contributed by atoms with Crippen LogP contribution in [0.4, 0.5) is 20.6 Å². The first-order valence-electron chi connectivity index (χ1n) is 10.7. The maximum atomic E-state index is 13.3. The number of carbonyl (C=O) groups excluding carboxylic acids is 4. The number of halogens is 2. The summed E-state index contributed by atoms with van der Waals surface area (Å²) < 4.78 is 18.9. The van der Waals surface area contributed by atoms with E-state index in [0.717, 1.165) is 17.7 Å². The van der Waals surface area contributed by atoms with Gasteiger partial charge < -0.3 is 10.1 Å². The zero-order valence-corrected chi connectivity index (χ0v) is 19.6. The number of benzene rings is 3. The SMILES string of the molecule is Cc1ccc(NC(=O)COc2ccc(Cl)cc2/C=C2\C(=O)NC(=O)N(c3ccc(F)cc3)C2=O)cc1. The number of anilines is 2. The number of carbonyl (C=O) groups is 4. The lowest BCUT2D eigenvalue weighted by atomic mass is 10.1. The summed E-state index contributed by atoms with van der Waals surface area (Å²) in [6.45, 7) is 1.57. The second-order valence-corrected chi connectivity index (χ2v) is 8.26. The lowest BCUT2D eigenvalue weighted by Gasteiger charge is -2.26. The van der Waals surface area contributed by atoms with Crippen LogP contribution in [-0.4, -0.2) is 30.4 Å². The standard InChI is InChI=1S/C26H19ClFN3O5/c1-15-2-7-19(8-3-15)29-23(32)14-36-22-11-4-17(27)12-16(22)13-21-24(33)30-26(35)31(25(21)34)20-9-5-18(28)6-10-20/h2-13H,14H2,1H3,(H,29,32)(H,30,33,35)/b21-13+. The first-order chi connectivity index (χ1) is 17.2. The summed E-state index contributed by atoms with van der Waals surface area (Å²) >= 11 is 6.10. The van der Waals surface area contributed by atoms with E-state index in [-0.39, 0.29) is 34.2 Å². The minimum atomic E-state index is -0.968. The minimum absolute atomic E-state index is 0.0765. The second kappa shape index (κ2) is 10.4. The molecule has 1 saturated heterocycles. The van der Waals surface area contributed by atoms with Crippen molar-refractivity contribution in [2.24, 2.45) is 0 Å². The Morgan fingerprint density at radius 2 is 1.75 bits per heavy atom. The molecule has 3 aromatic carbocycles. The van der Waals surface area contributed by atoms with Crippen molar-refractivity contribution in [2.45, 2.75) is 6.92 Å². The van der Waals surface area contributed by atoms with Crippen LogP contribution in [0.5, 0.6) is 5.75 Å². The summed E-state index contributed by atoms with van der Waals surface area (Å²) in [5.74, 6) is -2.64. The molecule has 0 atom stereocenters. The van der Waals surface area contributed by atoms with E-state index in [1.54, 1.807) is 12.1 Å². The average molecular weight is 508 g/mol. The van der Waals surface area contributed by atoms with Crippen LogP contribution in [0.1, 0.15) is 11.1 Å². The van der Waals surface area contributed by atoms with Crippen molar-refractivity contribution in [1.29, 1.82) is 0 Å². The maximum Gasteiger partial charge on any atom is 0.335 e. The molecule has 0 saturated carbocycles. The Morgan fingerprint density at radius 3 is 2.44 bits per heavy atom. The Kier molecular flexibility index (Phi) is 7.12. The molecular weight excluding hydrogens is 489 g/mol. The quantitative estimate of drug-likeness (QED) is 0.378. The van der Waals surface area contributed by atoms with Crippen LogP contribution in [0.2, 0.25) is 5.02 Å². The van der Waals surface area contributed by atoms with Gasteiger partial charge in [0.1, 0.15) is 17.1 Å². The topological polar surface area (TPSA) is 105 Å². The van der Waals surface area contributed by atoms with Gasteiger partial charge in [-0.05, 0) is 67.6 Å². The van der Waals surface area contributed by atoms with E-state index >= 15 is 0 Å². The summed E-state index contributed by atoms with van der Waals surface area (Å²) in [4.78, 5) is 50.9. The smallest absolute Gasteiger partial charge is 0.335 e. The molecule has 5 amide bonds. The van der Waals surface area contributed by atoms with Crippen LogP contribution < -0.4 is 20.3 Å². The summed E-state index contributed by atoms with van der Waals surface area (Å²) in [7, 11) is 0. The van der Waals surface area contributed by atoms with E-state index in [1.807, 2.05) is 19.1 Å². The highest BCUT2D eigenvalue weighted by atomic mass is 35.5. The number of ether oxygens (including phenoxy) is 1. The highest BCUT2D eigenvalue weighted by molar-refractivity contribution is 6.39. The van der Waals surface area contributed by atoms with E-state index in [0.29, 0.717) is 10.6 Å². The third kappa shape index (κ3) is 5.59. The molecule has 8 nitrogen and oxygen atoms in total. The summed E-state index contributed by atoms with van der Waals surface area (Å²) in [6, 6.07) is 15.3. The van der Waals surface area contributed by atoms with Gasteiger partial charge in [0.05, 0.1) is 5.69 Å². The predicted octanol–water partition coefficient (Wildman–Crippen LogP) is 4.47. The number of rotatable bonds is 6. The van der Waals surface area contributed by atoms with Gasteiger partial charge in [0, 0.05) is 16.3 Å². The average Bonchev–Trinajstić information content (AvgIpc) is 2.84. The molecule has 1 fully saturated rings. The van der Waals surface area contributed by atoms with Crippen molar-refractivity contribution < 1.29 is 28.3 Å². The van der Waals surface area contributed by atoms with E-state index in [2.05, 4.69) is 10.6 Å². The molecule has 0 aliphatic carbocycles. The first kappa shape index (κ1) is 24.6. The van der Waals surface area contributed by atoms with Crippen molar-refractivity contribution in [1.82, 2.24) is 5.32 Å². The number of hydrogen-bond acceptors (Lipinski definition) is 5. The molecule has 36 heavy (non-hydrogen) atoms. The molecule has 0 spiro atoms. The second-order valence-electron chi connectivity index (χ2n) is 7.82. The predicted molar refractivity (Wildman–Crippen MR) is 132 cm³/mol. The molecule has 0 unspecified atom stereocenters. The van der Waals surface area contributed by atoms with Gasteiger partial charge in [-0.15, -0.1) is 0 Å². The molecule has 10 heteroatoms. The largest absolute Gasteiger partial charge is 0.483 e. The highest BCUT2D eigenvalue weighted by Crippen LogP contribution is 2.28. The van der Waals surface area contributed by atoms with Crippen molar-refractivity contribution in [3.05, 3.63) is 94.3 Å². The third-order valence-electron chi connectivity index (χ3n) is 5.15. The third-order valence-corrected chi connectivity index (χ3v) is 5.39. The highest BCUT2D eigenvalue weighted by Gasteiger charge is 2.37. The molecule has 3 aromatic rings. The van der Waals surface area contributed by atoms with Crippen molar-refractivity contribution in [3.8, 4) is 5.75 Å². The number of aryl methyl sites for hydroxylation is 1. The lowest BCUT2D eigenvalue weighted by molar-refractivity contribution is -0.122. The Bertz CT molecular complexity index is 1390. The first-order valence-corrected chi connectivity index (χ1v) is 11.0.